The van der Waals surface area contributed by atoms with Crippen molar-refractivity contribution in [3.63, 3.8) is 0 Å². The first-order chi connectivity index (χ1) is 6.79. The van der Waals surface area contributed by atoms with Crippen LogP contribution in [0.3, 0.4) is 0 Å². The normalized spacial score (nSPS) is 16.1. The maximum absolute atomic E-state index is 11.0. The zero-order chi connectivity index (χ0) is 12.1. The van der Waals surface area contributed by atoms with Gasteiger partial charge in [0.15, 0.2) is 0 Å². The fourth-order valence-corrected chi connectivity index (χ4v) is 1.20. The van der Waals surface area contributed by atoms with Crippen molar-refractivity contribution in [2.75, 3.05) is 13.2 Å². The van der Waals surface area contributed by atoms with E-state index in [-0.39, 0.29) is 18.6 Å². The smallest absolute Gasteiger partial charge is 0.321 e. The highest BCUT2D eigenvalue weighted by atomic mass is 16.5. The van der Waals surface area contributed by atoms with Crippen molar-refractivity contribution in [3.8, 4) is 0 Å². The van der Waals surface area contributed by atoms with Crippen LogP contribution in [0.4, 0.5) is 0 Å². The van der Waals surface area contributed by atoms with Crippen molar-refractivity contribution in [1.82, 2.24) is 5.32 Å². The summed E-state index contributed by atoms with van der Waals surface area (Å²) in [5, 5.41) is 20.4. The monoisotopic (exact) mass is 219 g/mol. The summed E-state index contributed by atoms with van der Waals surface area (Å²) in [6.45, 7) is 7.38. The Kier molecular flexibility index (Phi) is 5.79. The summed E-state index contributed by atoms with van der Waals surface area (Å²) in [5.41, 5.74) is -0.386. The number of aliphatic hydroxyl groups excluding tert-OH is 1. The summed E-state index contributed by atoms with van der Waals surface area (Å²) >= 11 is 0. The molecule has 0 aromatic carbocycles. The van der Waals surface area contributed by atoms with E-state index in [0.29, 0.717) is 0 Å². The Morgan fingerprint density at radius 3 is 2.33 bits per heavy atom. The van der Waals surface area contributed by atoms with Crippen molar-refractivity contribution in [3.05, 3.63) is 0 Å². The molecule has 0 aromatic heterocycles. The second kappa shape index (κ2) is 6.05. The fourth-order valence-electron chi connectivity index (χ4n) is 1.20. The Morgan fingerprint density at radius 1 is 1.47 bits per heavy atom. The van der Waals surface area contributed by atoms with Crippen molar-refractivity contribution in [2.45, 2.75) is 40.0 Å². The third-order valence-electron chi connectivity index (χ3n) is 1.97. The molecule has 0 aliphatic carbocycles. The van der Waals surface area contributed by atoms with Gasteiger partial charge in [0, 0.05) is 0 Å². The number of ether oxygens (including phenoxy) is 1. The van der Waals surface area contributed by atoms with Crippen LogP contribution in [0.2, 0.25) is 0 Å². The average molecular weight is 219 g/mol. The molecule has 3 N–H and O–H groups in total. The van der Waals surface area contributed by atoms with E-state index in [2.05, 4.69) is 5.32 Å². The molecule has 15 heavy (non-hydrogen) atoms. The lowest BCUT2D eigenvalue weighted by Gasteiger charge is -2.30. The molecule has 0 aliphatic rings. The van der Waals surface area contributed by atoms with Crippen LogP contribution in [0.15, 0.2) is 0 Å². The maximum Gasteiger partial charge on any atom is 0.321 e. The van der Waals surface area contributed by atoms with Gasteiger partial charge in [-0.15, -0.1) is 0 Å². The zero-order valence-electron chi connectivity index (χ0n) is 9.78. The molecule has 0 radical (unpaired) electrons. The summed E-state index contributed by atoms with van der Waals surface area (Å²) in [6, 6.07) is -0.675. The quantitative estimate of drug-likeness (QED) is 0.565. The number of carboxylic acids is 1. The molecular formula is C10H21NO4. The average Bonchev–Trinajstić information content (AvgIpc) is 2.08. The van der Waals surface area contributed by atoms with E-state index in [9.17, 15) is 4.79 Å². The molecule has 90 valence electrons. The van der Waals surface area contributed by atoms with E-state index < -0.39 is 18.2 Å². The van der Waals surface area contributed by atoms with Gasteiger partial charge in [0.1, 0.15) is 12.3 Å². The summed E-state index contributed by atoms with van der Waals surface area (Å²) in [6.07, 6.45) is -0.391. The molecule has 0 fully saturated rings. The van der Waals surface area contributed by atoms with E-state index >= 15 is 0 Å². The molecule has 0 saturated carbocycles. The number of hydrogen-bond donors (Lipinski definition) is 3. The number of aliphatic hydroxyl groups is 1. The van der Waals surface area contributed by atoms with Gasteiger partial charge in [0.25, 0.3) is 0 Å². The zero-order valence-corrected chi connectivity index (χ0v) is 9.78. The van der Waals surface area contributed by atoms with Gasteiger partial charge in [-0.1, -0.05) is 20.8 Å². The molecule has 2 atom stereocenters. The van der Waals surface area contributed by atoms with Crippen LogP contribution in [-0.4, -0.2) is 41.7 Å². The standard InChI is InChI=1S/C10H21NO4/c1-7(15-6-5-12)11-8(9(13)14)10(2,3)4/h7-8,11-12H,5-6H2,1-4H3,(H,13,14). The molecule has 0 bridgehead atoms. The number of carbonyl (C=O) groups is 1. The third kappa shape index (κ3) is 5.71. The molecule has 5 heteroatoms. The summed E-state index contributed by atoms with van der Waals surface area (Å²) < 4.78 is 5.14. The lowest BCUT2D eigenvalue weighted by Crippen LogP contribution is -2.50. The first-order valence-electron chi connectivity index (χ1n) is 5.00. The van der Waals surface area contributed by atoms with Gasteiger partial charge in [-0.2, -0.15) is 0 Å². The first-order valence-corrected chi connectivity index (χ1v) is 5.00. The minimum atomic E-state index is -0.901. The minimum Gasteiger partial charge on any atom is -0.480 e. The first kappa shape index (κ1) is 14.3. The number of nitrogens with one attached hydrogen (secondary N) is 1. The van der Waals surface area contributed by atoms with Crippen molar-refractivity contribution >= 4 is 5.97 Å². The number of rotatable bonds is 6. The molecule has 0 saturated heterocycles. The summed E-state index contributed by atoms with van der Waals surface area (Å²) in [5.74, 6) is -0.901. The van der Waals surface area contributed by atoms with E-state index in [0.717, 1.165) is 0 Å². The Labute approximate surface area is 90.4 Å². The van der Waals surface area contributed by atoms with E-state index in [4.69, 9.17) is 14.9 Å². The largest absolute Gasteiger partial charge is 0.480 e. The van der Waals surface area contributed by atoms with Crippen molar-refractivity contribution in [2.24, 2.45) is 5.41 Å². The van der Waals surface area contributed by atoms with Crippen molar-refractivity contribution in [1.29, 1.82) is 0 Å². The molecule has 2 unspecified atom stereocenters. The van der Waals surface area contributed by atoms with Crippen LogP contribution in [0.5, 0.6) is 0 Å². The highest BCUT2D eigenvalue weighted by Gasteiger charge is 2.32. The predicted molar refractivity (Wildman–Crippen MR) is 56.5 cm³/mol. The van der Waals surface area contributed by atoms with Crippen molar-refractivity contribution < 1.29 is 19.7 Å². The molecule has 0 spiro atoms. The Bertz CT molecular complexity index is 200. The minimum absolute atomic E-state index is 0.0702. The van der Waals surface area contributed by atoms with E-state index in [1.54, 1.807) is 6.92 Å². The Balaban J connectivity index is 4.24. The molecular weight excluding hydrogens is 198 g/mol. The van der Waals surface area contributed by atoms with Crippen LogP contribution in [0.1, 0.15) is 27.7 Å². The SMILES string of the molecule is CC(NC(C(=O)O)C(C)(C)C)OCCO. The second-order valence-electron chi connectivity index (χ2n) is 4.54. The molecule has 0 heterocycles. The topological polar surface area (TPSA) is 78.8 Å². The predicted octanol–water partition coefficient (Wildman–Crippen LogP) is 0.430. The number of hydrogen-bond acceptors (Lipinski definition) is 4. The number of aliphatic carboxylic acids is 1. The number of carboxylic acid groups (broad SMARTS) is 1. The molecule has 0 aromatic rings. The summed E-state index contributed by atoms with van der Waals surface area (Å²) in [7, 11) is 0. The lowest BCUT2D eigenvalue weighted by molar-refractivity contribution is -0.144. The molecule has 0 amide bonds. The highest BCUT2D eigenvalue weighted by Crippen LogP contribution is 2.19. The van der Waals surface area contributed by atoms with Crippen LogP contribution in [0.25, 0.3) is 0 Å². The van der Waals surface area contributed by atoms with E-state index in [1.807, 2.05) is 20.8 Å². The van der Waals surface area contributed by atoms with E-state index in [1.165, 1.54) is 0 Å². The third-order valence-corrected chi connectivity index (χ3v) is 1.97. The van der Waals surface area contributed by atoms with Crippen LogP contribution >= 0.6 is 0 Å². The van der Waals surface area contributed by atoms with Gasteiger partial charge in [-0.25, -0.2) is 0 Å². The Hall–Kier alpha value is -0.650. The van der Waals surface area contributed by atoms with Gasteiger partial charge < -0.3 is 14.9 Å². The summed E-state index contributed by atoms with van der Waals surface area (Å²) in [4.78, 5) is 11.0. The second-order valence-corrected chi connectivity index (χ2v) is 4.54. The van der Waals surface area contributed by atoms with Crippen LogP contribution in [-0.2, 0) is 9.53 Å². The molecule has 0 rings (SSSR count). The van der Waals surface area contributed by atoms with Gasteiger partial charge >= 0.3 is 5.97 Å². The van der Waals surface area contributed by atoms with Gasteiger partial charge in [-0.3, -0.25) is 10.1 Å². The maximum atomic E-state index is 11.0. The molecule has 5 nitrogen and oxygen atoms in total. The van der Waals surface area contributed by atoms with Gasteiger partial charge in [0.05, 0.1) is 13.2 Å². The Morgan fingerprint density at radius 2 is 2.00 bits per heavy atom. The fraction of sp³-hybridized carbons (Fsp3) is 0.900. The van der Waals surface area contributed by atoms with Gasteiger partial charge in [-0.05, 0) is 12.3 Å². The van der Waals surface area contributed by atoms with Gasteiger partial charge in [0.2, 0.25) is 0 Å². The van der Waals surface area contributed by atoms with Crippen LogP contribution in [0, 0.1) is 5.41 Å². The molecule has 0 aliphatic heterocycles. The highest BCUT2D eigenvalue weighted by molar-refractivity contribution is 5.74. The lowest BCUT2D eigenvalue weighted by atomic mass is 9.87. The van der Waals surface area contributed by atoms with Crippen LogP contribution < -0.4 is 5.32 Å².